The predicted octanol–water partition coefficient (Wildman–Crippen LogP) is 3.43. The van der Waals surface area contributed by atoms with E-state index in [4.69, 9.17) is 0 Å². The van der Waals surface area contributed by atoms with Gasteiger partial charge in [0.1, 0.15) is 17.7 Å². The zero-order valence-corrected chi connectivity index (χ0v) is 14.6. The van der Waals surface area contributed by atoms with Crippen molar-refractivity contribution in [3.8, 4) is 0 Å². The number of halogens is 5. The summed E-state index contributed by atoms with van der Waals surface area (Å²) in [4.78, 5) is 24.1. The Kier molecular flexibility index (Phi) is 6.71. The molecule has 0 aliphatic rings. The molecule has 0 spiro atoms. The number of esters is 1. The molecule has 150 valence electrons. The van der Waals surface area contributed by atoms with E-state index in [1.54, 1.807) is 0 Å². The molecular weight excluding hydrogens is 385 g/mol. The molecule has 0 aromatic heterocycles. The molecule has 2 aromatic rings. The second-order valence-electron chi connectivity index (χ2n) is 6.00. The summed E-state index contributed by atoms with van der Waals surface area (Å²) in [5.41, 5.74) is -0.699. The van der Waals surface area contributed by atoms with E-state index in [0.717, 1.165) is 31.4 Å². The Morgan fingerprint density at radius 1 is 1.04 bits per heavy atom. The molecule has 2 aromatic carbocycles. The predicted molar refractivity (Wildman–Crippen MR) is 89.2 cm³/mol. The van der Waals surface area contributed by atoms with Gasteiger partial charge in [-0.2, -0.15) is 13.2 Å². The molecule has 1 N–H and O–H groups in total. The molecule has 1 atom stereocenters. The summed E-state index contributed by atoms with van der Waals surface area (Å²) in [6, 6.07) is 5.61. The van der Waals surface area contributed by atoms with Crippen molar-refractivity contribution in [3.05, 3.63) is 70.8 Å². The van der Waals surface area contributed by atoms with Crippen molar-refractivity contribution in [1.82, 2.24) is 5.32 Å². The average Bonchev–Trinajstić information content (AvgIpc) is 2.59. The van der Waals surface area contributed by atoms with Crippen molar-refractivity contribution in [2.24, 2.45) is 0 Å². The molecule has 0 radical (unpaired) electrons. The number of benzene rings is 2. The number of ether oxygens (including phenoxy) is 1. The SMILES string of the molecule is COC(=O)[C@@H](Cc1cccc(C(F)(F)F)c1)NC(=O)Cc1cc(F)cc(F)c1. The number of alkyl halides is 3. The number of rotatable bonds is 6. The van der Waals surface area contributed by atoms with E-state index in [2.05, 4.69) is 10.1 Å². The monoisotopic (exact) mass is 401 g/mol. The van der Waals surface area contributed by atoms with Gasteiger partial charge in [0.15, 0.2) is 0 Å². The Bertz CT molecular complexity index is 847. The molecule has 0 heterocycles. The molecule has 0 aliphatic heterocycles. The molecule has 0 aliphatic carbocycles. The van der Waals surface area contributed by atoms with E-state index in [1.807, 2.05) is 0 Å². The molecule has 9 heteroatoms. The zero-order valence-electron chi connectivity index (χ0n) is 14.6. The summed E-state index contributed by atoms with van der Waals surface area (Å²) in [5, 5.41) is 2.32. The maximum absolute atomic E-state index is 13.2. The van der Waals surface area contributed by atoms with Crippen LogP contribution < -0.4 is 5.32 Å². The highest BCUT2D eigenvalue weighted by Crippen LogP contribution is 2.29. The third-order valence-corrected chi connectivity index (χ3v) is 3.80. The van der Waals surface area contributed by atoms with Gasteiger partial charge in [0, 0.05) is 12.5 Å². The van der Waals surface area contributed by atoms with Gasteiger partial charge in [0.25, 0.3) is 0 Å². The molecular formula is C19H16F5NO3. The molecule has 28 heavy (non-hydrogen) atoms. The van der Waals surface area contributed by atoms with Gasteiger partial charge in [-0.05, 0) is 29.3 Å². The summed E-state index contributed by atoms with van der Waals surface area (Å²) in [6.07, 6.45) is -5.23. The fourth-order valence-corrected chi connectivity index (χ4v) is 2.59. The van der Waals surface area contributed by atoms with Crippen LogP contribution in [0.3, 0.4) is 0 Å². The van der Waals surface area contributed by atoms with Crippen LogP contribution in [0.2, 0.25) is 0 Å². The van der Waals surface area contributed by atoms with Gasteiger partial charge < -0.3 is 10.1 Å². The minimum atomic E-state index is -4.55. The van der Waals surface area contributed by atoms with Crippen molar-refractivity contribution in [1.29, 1.82) is 0 Å². The summed E-state index contributed by atoms with van der Waals surface area (Å²) < 4.78 is 69.5. The number of hydrogen-bond acceptors (Lipinski definition) is 3. The van der Waals surface area contributed by atoms with Gasteiger partial charge in [0.2, 0.25) is 5.91 Å². The summed E-state index contributed by atoms with van der Waals surface area (Å²) in [7, 11) is 1.07. The summed E-state index contributed by atoms with van der Waals surface area (Å²) in [6.45, 7) is 0. The molecule has 0 saturated heterocycles. The van der Waals surface area contributed by atoms with Gasteiger partial charge in [0.05, 0.1) is 19.1 Å². The Labute approximate surface area is 157 Å². The van der Waals surface area contributed by atoms with Crippen LogP contribution >= 0.6 is 0 Å². The van der Waals surface area contributed by atoms with Crippen LogP contribution in [-0.2, 0) is 33.3 Å². The lowest BCUT2D eigenvalue weighted by molar-refractivity contribution is -0.145. The highest BCUT2D eigenvalue weighted by Gasteiger charge is 2.31. The number of carbonyl (C=O) groups is 2. The van der Waals surface area contributed by atoms with Crippen LogP contribution in [0.5, 0.6) is 0 Å². The fourth-order valence-electron chi connectivity index (χ4n) is 2.59. The Morgan fingerprint density at radius 3 is 2.25 bits per heavy atom. The van der Waals surface area contributed by atoms with Crippen LogP contribution in [0.1, 0.15) is 16.7 Å². The minimum absolute atomic E-state index is 0.0395. The van der Waals surface area contributed by atoms with Gasteiger partial charge >= 0.3 is 12.1 Å². The number of methoxy groups -OCH3 is 1. The lowest BCUT2D eigenvalue weighted by Crippen LogP contribution is -2.43. The summed E-state index contributed by atoms with van der Waals surface area (Å²) >= 11 is 0. The van der Waals surface area contributed by atoms with Crippen molar-refractivity contribution < 1.29 is 36.3 Å². The van der Waals surface area contributed by atoms with E-state index < -0.39 is 47.7 Å². The van der Waals surface area contributed by atoms with Gasteiger partial charge in [-0.1, -0.05) is 18.2 Å². The van der Waals surface area contributed by atoms with Crippen molar-refractivity contribution >= 4 is 11.9 Å². The third-order valence-electron chi connectivity index (χ3n) is 3.80. The maximum atomic E-state index is 13.2. The first kappa shape index (κ1) is 21.3. The lowest BCUT2D eigenvalue weighted by atomic mass is 10.0. The fraction of sp³-hybridized carbons (Fsp3) is 0.263. The largest absolute Gasteiger partial charge is 0.467 e. The van der Waals surface area contributed by atoms with Gasteiger partial charge in [-0.25, -0.2) is 13.6 Å². The Hall–Kier alpha value is -2.97. The number of carbonyl (C=O) groups excluding carboxylic acids is 2. The van der Waals surface area contributed by atoms with Crippen molar-refractivity contribution in [3.63, 3.8) is 0 Å². The van der Waals surface area contributed by atoms with Crippen molar-refractivity contribution in [2.45, 2.75) is 25.1 Å². The molecule has 4 nitrogen and oxygen atoms in total. The van der Waals surface area contributed by atoms with Crippen LogP contribution in [0, 0.1) is 11.6 Å². The first-order valence-corrected chi connectivity index (χ1v) is 8.07. The lowest BCUT2D eigenvalue weighted by Gasteiger charge is -2.17. The van der Waals surface area contributed by atoms with Gasteiger partial charge in [-0.15, -0.1) is 0 Å². The number of nitrogens with one attached hydrogen (secondary N) is 1. The first-order valence-electron chi connectivity index (χ1n) is 8.07. The minimum Gasteiger partial charge on any atom is -0.467 e. The van der Waals surface area contributed by atoms with Crippen LogP contribution in [0.4, 0.5) is 22.0 Å². The topological polar surface area (TPSA) is 55.4 Å². The van der Waals surface area contributed by atoms with E-state index in [1.165, 1.54) is 12.1 Å². The zero-order chi connectivity index (χ0) is 20.9. The molecule has 0 fully saturated rings. The molecule has 0 unspecified atom stereocenters. The first-order chi connectivity index (χ1) is 13.1. The smallest absolute Gasteiger partial charge is 0.416 e. The van der Waals surface area contributed by atoms with Crippen molar-refractivity contribution in [2.75, 3.05) is 7.11 Å². The Balaban J connectivity index is 2.13. The van der Waals surface area contributed by atoms with Crippen LogP contribution in [0.25, 0.3) is 0 Å². The quantitative estimate of drug-likeness (QED) is 0.596. The molecule has 1 amide bonds. The van der Waals surface area contributed by atoms with Crippen LogP contribution in [-0.4, -0.2) is 25.0 Å². The number of hydrogen-bond donors (Lipinski definition) is 1. The van der Waals surface area contributed by atoms with Gasteiger partial charge in [-0.3, -0.25) is 4.79 Å². The second kappa shape index (κ2) is 8.81. The van der Waals surface area contributed by atoms with E-state index in [9.17, 15) is 31.5 Å². The van der Waals surface area contributed by atoms with E-state index >= 15 is 0 Å². The normalized spacial score (nSPS) is 12.4. The average molecular weight is 401 g/mol. The third kappa shape index (κ3) is 6.04. The highest BCUT2D eigenvalue weighted by atomic mass is 19.4. The molecule has 0 saturated carbocycles. The standard InChI is InChI=1S/C19H16F5NO3/c1-28-18(27)16(8-11-3-2-4-13(5-11)19(22,23)24)25-17(26)9-12-6-14(20)10-15(21)7-12/h2-7,10,16H,8-9H2,1H3,(H,25,26)/t16-/m1/s1. The van der Waals surface area contributed by atoms with E-state index in [0.29, 0.717) is 6.07 Å². The number of amides is 1. The van der Waals surface area contributed by atoms with E-state index in [-0.39, 0.29) is 17.5 Å². The molecule has 0 bridgehead atoms. The van der Waals surface area contributed by atoms with Crippen LogP contribution in [0.15, 0.2) is 42.5 Å². The molecule has 2 rings (SSSR count). The summed E-state index contributed by atoms with van der Waals surface area (Å²) in [5.74, 6) is -3.34. The highest BCUT2D eigenvalue weighted by molar-refractivity contribution is 5.85. The Morgan fingerprint density at radius 2 is 1.68 bits per heavy atom. The maximum Gasteiger partial charge on any atom is 0.416 e. The second-order valence-corrected chi connectivity index (χ2v) is 6.00.